The summed E-state index contributed by atoms with van der Waals surface area (Å²) in [6, 6.07) is 6.62. The number of benzene rings is 1. The highest BCUT2D eigenvalue weighted by Crippen LogP contribution is 2.18. The quantitative estimate of drug-likeness (QED) is 0.840. The standard InChI is InChI=1S/C16H24FN3O.ClH/c17-14-6-4-13(5-7-14)11-19-16(21)12-20-10-2-1-3-15(20)8-9-18;/h4-7,15H,1-3,8-12,18H2,(H,19,21);1H. The molecular formula is C16H25ClFN3O. The van der Waals surface area contributed by atoms with Crippen LogP contribution in [0.25, 0.3) is 0 Å². The van der Waals surface area contributed by atoms with Crippen molar-refractivity contribution in [1.29, 1.82) is 0 Å². The second-order valence-corrected chi connectivity index (χ2v) is 5.60. The van der Waals surface area contributed by atoms with E-state index in [4.69, 9.17) is 5.73 Å². The molecule has 1 fully saturated rings. The maximum Gasteiger partial charge on any atom is 0.234 e. The van der Waals surface area contributed by atoms with Crippen molar-refractivity contribution in [2.45, 2.75) is 38.3 Å². The van der Waals surface area contributed by atoms with E-state index in [-0.39, 0.29) is 24.1 Å². The van der Waals surface area contributed by atoms with Gasteiger partial charge < -0.3 is 11.1 Å². The van der Waals surface area contributed by atoms with E-state index in [1.807, 2.05) is 0 Å². The van der Waals surface area contributed by atoms with Crippen LogP contribution in [0.1, 0.15) is 31.2 Å². The molecule has 1 saturated heterocycles. The van der Waals surface area contributed by atoms with Crippen LogP contribution in [0.15, 0.2) is 24.3 Å². The molecule has 0 saturated carbocycles. The van der Waals surface area contributed by atoms with Gasteiger partial charge in [0, 0.05) is 12.6 Å². The molecule has 4 nitrogen and oxygen atoms in total. The third kappa shape index (κ3) is 5.91. The number of hydrogen-bond donors (Lipinski definition) is 2. The first-order valence-electron chi connectivity index (χ1n) is 7.64. The molecule has 1 aliphatic heterocycles. The maximum atomic E-state index is 12.8. The van der Waals surface area contributed by atoms with Crippen molar-refractivity contribution in [3.63, 3.8) is 0 Å². The minimum absolute atomic E-state index is 0. The Morgan fingerprint density at radius 1 is 1.32 bits per heavy atom. The number of nitrogens with one attached hydrogen (secondary N) is 1. The molecule has 1 unspecified atom stereocenters. The predicted molar refractivity (Wildman–Crippen MR) is 88.4 cm³/mol. The van der Waals surface area contributed by atoms with Crippen LogP contribution in [0.5, 0.6) is 0 Å². The van der Waals surface area contributed by atoms with E-state index in [2.05, 4.69) is 10.2 Å². The van der Waals surface area contributed by atoms with E-state index >= 15 is 0 Å². The molecule has 22 heavy (non-hydrogen) atoms. The Labute approximate surface area is 137 Å². The van der Waals surface area contributed by atoms with Crippen LogP contribution in [0.4, 0.5) is 4.39 Å². The van der Waals surface area contributed by atoms with Crippen molar-refractivity contribution >= 4 is 18.3 Å². The minimum atomic E-state index is -0.261. The van der Waals surface area contributed by atoms with Crippen molar-refractivity contribution < 1.29 is 9.18 Å². The van der Waals surface area contributed by atoms with Crippen LogP contribution in [0, 0.1) is 5.82 Å². The summed E-state index contributed by atoms with van der Waals surface area (Å²) in [7, 11) is 0. The van der Waals surface area contributed by atoms with Crippen molar-refractivity contribution in [3.8, 4) is 0 Å². The third-order valence-corrected chi connectivity index (χ3v) is 4.00. The number of likely N-dealkylation sites (tertiary alicyclic amines) is 1. The van der Waals surface area contributed by atoms with Gasteiger partial charge in [0.1, 0.15) is 5.82 Å². The Kier molecular flexibility index (Phi) is 8.38. The van der Waals surface area contributed by atoms with Crippen molar-refractivity contribution in [3.05, 3.63) is 35.6 Å². The molecule has 0 aliphatic carbocycles. The van der Waals surface area contributed by atoms with E-state index in [0.717, 1.165) is 31.4 Å². The third-order valence-electron chi connectivity index (χ3n) is 4.00. The second kappa shape index (κ2) is 9.77. The van der Waals surface area contributed by atoms with E-state index in [1.165, 1.54) is 18.6 Å². The first-order valence-corrected chi connectivity index (χ1v) is 7.64. The van der Waals surface area contributed by atoms with Gasteiger partial charge in [0.05, 0.1) is 6.54 Å². The molecule has 124 valence electrons. The van der Waals surface area contributed by atoms with Crippen LogP contribution in [-0.2, 0) is 11.3 Å². The smallest absolute Gasteiger partial charge is 0.234 e. The fraction of sp³-hybridized carbons (Fsp3) is 0.562. The summed E-state index contributed by atoms with van der Waals surface area (Å²) in [5, 5.41) is 2.89. The molecule has 1 aromatic rings. The fourth-order valence-electron chi connectivity index (χ4n) is 2.83. The topological polar surface area (TPSA) is 58.4 Å². The summed E-state index contributed by atoms with van der Waals surface area (Å²) < 4.78 is 12.8. The fourth-order valence-corrected chi connectivity index (χ4v) is 2.83. The summed E-state index contributed by atoms with van der Waals surface area (Å²) >= 11 is 0. The van der Waals surface area contributed by atoms with Gasteiger partial charge in [-0.05, 0) is 50.0 Å². The van der Waals surface area contributed by atoms with Gasteiger partial charge >= 0.3 is 0 Å². The number of halogens is 2. The van der Waals surface area contributed by atoms with Crippen LogP contribution in [-0.4, -0.2) is 36.5 Å². The lowest BCUT2D eigenvalue weighted by Gasteiger charge is -2.35. The van der Waals surface area contributed by atoms with Gasteiger partial charge in [0.25, 0.3) is 0 Å². The molecule has 0 radical (unpaired) electrons. The molecule has 1 aromatic carbocycles. The largest absolute Gasteiger partial charge is 0.351 e. The number of piperidine rings is 1. The monoisotopic (exact) mass is 329 g/mol. The molecule has 2 rings (SSSR count). The van der Waals surface area contributed by atoms with Crippen molar-refractivity contribution in [2.24, 2.45) is 5.73 Å². The highest BCUT2D eigenvalue weighted by molar-refractivity contribution is 5.85. The van der Waals surface area contributed by atoms with Gasteiger partial charge in [-0.25, -0.2) is 4.39 Å². The number of nitrogens with two attached hydrogens (primary N) is 1. The Morgan fingerprint density at radius 3 is 2.73 bits per heavy atom. The zero-order valence-corrected chi connectivity index (χ0v) is 13.6. The van der Waals surface area contributed by atoms with Gasteiger partial charge in [-0.15, -0.1) is 12.4 Å². The second-order valence-electron chi connectivity index (χ2n) is 5.60. The van der Waals surface area contributed by atoms with Crippen molar-refractivity contribution in [1.82, 2.24) is 10.2 Å². The summed E-state index contributed by atoms with van der Waals surface area (Å²) in [5.74, 6) is -0.244. The predicted octanol–water partition coefficient (Wildman–Crippen LogP) is 2.07. The molecule has 1 aliphatic rings. The number of nitrogens with zero attached hydrogens (tertiary/aromatic N) is 1. The highest BCUT2D eigenvalue weighted by atomic mass is 35.5. The highest BCUT2D eigenvalue weighted by Gasteiger charge is 2.23. The molecule has 0 bridgehead atoms. The van der Waals surface area contributed by atoms with Gasteiger partial charge in [-0.3, -0.25) is 9.69 Å². The minimum Gasteiger partial charge on any atom is -0.351 e. The molecular weight excluding hydrogens is 305 g/mol. The zero-order valence-electron chi connectivity index (χ0n) is 12.8. The molecule has 3 N–H and O–H groups in total. The number of carbonyl (C=O) groups is 1. The summed E-state index contributed by atoms with van der Waals surface area (Å²) in [5.41, 5.74) is 6.55. The van der Waals surface area contributed by atoms with E-state index in [1.54, 1.807) is 12.1 Å². The Morgan fingerprint density at radius 2 is 2.05 bits per heavy atom. The molecule has 1 atom stereocenters. The Balaban J connectivity index is 0.00000242. The summed E-state index contributed by atoms with van der Waals surface area (Å²) in [6.45, 7) is 2.49. The first-order chi connectivity index (χ1) is 10.2. The van der Waals surface area contributed by atoms with Gasteiger partial charge in [0.2, 0.25) is 5.91 Å². The Hall–Kier alpha value is -1.17. The van der Waals surface area contributed by atoms with Gasteiger partial charge in [0.15, 0.2) is 0 Å². The lowest BCUT2D eigenvalue weighted by molar-refractivity contribution is -0.123. The molecule has 6 heteroatoms. The van der Waals surface area contributed by atoms with Crippen LogP contribution >= 0.6 is 12.4 Å². The number of hydrogen-bond acceptors (Lipinski definition) is 3. The van der Waals surface area contributed by atoms with E-state index in [0.29, 0.717) is 25.7 Å². The zero-order chi connectivity index (χ0) is 15.1. The van der Waals surface area contributed by atoms with E-state index < -0.39 is 0 Å². The van der Waals surface area contributed by atoms with Gasteiger partial charge in [-0.1, -0.05) is 18.6 Å². The maximum absolute atomic E-state index is 12.8. The van der Waals surface area contributed by atoms with Crippen molar-refractivity contribution in [2.75, 3.05) is 19.6 Å². The lowest BCUT2D eigenvalue weighted by atomic mass is 9.99. The number of rotatable bonds is 6. The molecule has 0 spiro atoms. The SMILES string of the molecule is Cl.NCCC1CCCCN1CC(=O)NCc1ccc(F)cc1. The van der Waals surface area contributed by atoms with E-state index in [9.17, 15) is 9.18 Å². The molecule has 1 heterocycles. The average molecular weight is 330 g/mol. The Bertz CT molecular complexity index is 453. The number of amides is 1. The van der Waals surface area contributed by atoms with Crippen LogP contribution in [0.2, 0.25) is 0 Å². The average Bonchev–Trinajstić information content (AvgIpc) is 2.49. The molecule has 1 amide bonds. The number of carbonyl (C=O) groups excluding carboxylic acids is 1. The lowest BCUT2D eigenvalue weighted by Crippen LogP contribution is -2.46. The normalized spacial score (nSPS) is 18.5. The van der Waals surface area contributed by atoms with Crippen LogP contribution in [0.3, 0.4) is 0 Å². The summed E-state index contributed by atoms with van der Waals surface area (Å²) in [4.78, 5) is 14.3. The first kappa shape index (κ1) is 18.9. The van der Waals surface area contributed by atoms with Crippen LogP contribution < -0.4 is 11.1 Å². The summed E-state index contributed by atoms with van der Waals surface area (Å²) in [6.07, 6.45) is 4.44. The molecule has 0 aromatic heterocycles. The van der Waals surface area contributed by atoms with Gasteiger partial charge in [-0.2, -0.15) is 0 Å².